The number of rotatable bonds is 4. The molecule has 114 valence electrons. The predicted molar refractivity (Wildman–Crippen MR) is 81.6 cm³/mol. The van der Waals surface area contributed by atoms with E-state index in [0.717, 1.165) is 37.9 Å². The number of likely N-dealkylation sites (tertiary alicyclic amines) is 1. The number of amides is 1. The summed E-state index contributed by atoms with van der Waals surface area (Å²) in [6, 6.07) is 0.896. The molecular weight excluding hydrogens is 252 g/mol. The normalized spacial score (nSPS) is 29.8. The summed E-state index contributed by atoms with van der Waals surface area (Å²) >= 11 is 0. The van der Waals surface area contributed by atoms with Gasteiger partial charge in [-0.15, -0.1) is 0 Å². The zero-order valence-electron chi connectivity index (χ0n) is 13.1. The van der Waals surface area contributed by atoms with Gasteiger partial charge in [0.05, 0.1) is 0 Å². The minimum absolute atomic E-state index is 0.0861. The maximum absolute atomic E-state index is 12.0. The summed E-state index contributed by atoms with van der Waals surface area (Å²) in [5.41, 5.74) is 0. The quantitative estimate of drug-likeness (QED) is 0.601. The Bertz CT molecular complexity index is 380. The minimum atomic E-state index is 0.0861. The third-order valence-corrected chi connectivity index (χ3v) is 4.08. The molecule has 3 unspecified atom stereocenters. The Morgan fingerprint density at radius 1 is 1.40 bits per heavy atom. The smallest absolute Gasteiger partial charge is 0.225 e. The number of nitrogens with zero attached hydrogens (tertiary/aromatic N) is 2. The van der Waals surface area contributed by atoms with Crippen molar-refractivity contribution in [3.8, 4) is 0 Å². The molecule has 20 heavy (non-hydrogen) atoms. The molecule has 0 aromatic heterocycles. The first-order valence-corrected chi connectivity index (χ1v) is 7.87. The summed E-state index contributed by atoms with van der Waals surface area (Å²) in [7, 11) is 0. The molecule has 1 aliphatic heterocycles. The van der Waals surface area contributed by atoms with Crippen LogP contribution in [-0.2, 0) is 4.79 Å². The van der Waals surface area contributed by atoms with E-state index >= 15 is 0 Å². The Morgan fingerprint density at radius 2 is 2.10 bits per heavy atom. The largest absolute Gasteiger partial charge is 0.353 e. The Labute approximate surface area is 122 Å². The van der Waals surface area contributed by atoms with Gasteiger partial charge in [-0.05, 0) is 25.7 Å². The summed E-state index contributed by atoms with van der Waals surface area (Å²) < 4.78 is 0. The van der Waals surface area contributed by atoms with Crippen molar-refractivity contribution in [2.24, 2.45) is 16.8 Å². The number of aliphatic imine (C=N–C) groups is 1. The first-order chi connectivity index (χ1) is 9.51. The third-order valence-electron chi connectivity index (χ3n) is 4.08. The Kier molecular flexibility index (Phi) is 4.89. The van der Waals surface area contributed by atoms with E-state index in [-0.39, 0.29) is 11.8 Å². The standard InChI is InChI=1S/C15H28N4O/c1-5-16-15(18-13-8-11(13)4)17-12-6-7-19(9-12)14(20)10(2)3/h10-13H,5-9H2,1-4H3,(H2,16,17,18). The van der Waals surface area contributed by atoms with Crippen LogP contribution in [0.15, 0.2) is 4.99 Å². The molecule has 2 fully saturated rings. The van der Waals surface area contributed by atoms with Gasteiger partial charge in [-0.3, -0.25) is 9.79 Å². The third kappa shape index (κ3) is 3.87. The van der Waals surface area contributed by atoms with E-state index in [1.807, 2.05) is 25.7 Å². The molecule has 0 radical (unpaired) electrons. The van der Waals surface area contributed by atoms with Crippen LogP contribution >= 0.6 is 0 Å². The Hall–Kier alpha value is -1.26. The summed E-state index contributed by atoms with van der Waals surface area (Å²) in [5.74, 6) is 2.00. The lowest BCUT2D eigenvalue weighted by Gasteiger charge is -2.20. The second kappa shape index (κ2) is 6.46. The van der Waals surface area contributed by atoms with Crippen molar-refractivity contribution in [2.75, 3.05) is 19.6 Å². The van der Waals surface area contributed by atoms with Gasteiger partial charge in [-0.25, -0.2) is 0 Å². The molecule has 2 aliphatic rings. The summed E-state index contributed by atoms with van der Waals surface area (Å²) in [4.78, 5) is 18.4. The molecule has 1 heterocycles. The zero-order valence-corrected chi connectivity index (χ0v) is 13.1. The molecule has 0 spiro atoms. The van der Waals surface area contributed by atoms with Gasteiger partial charge in [0.25, 0.3) is 0 Å². The molecule has 5 nitrogen and oxygen atoms in total. The molecule has 1 amide bonds. The van der Waals surface area contributed by atoms with Gasteiger partial charge in [0, 0.05) is 37.6 Å². The number of carbonyl (C=O) groups excluding carboxylic acids is 1. The van der Waals surface area contributed by atoms with Gasteiger partial charge in [0.2, 0.25) is 5.91 Å². The molecule has 2 rings (SSSR count). The van der Waals surface area contributed by atoms with Crippen LogP contribution in [0.3, 0.4) is 0 Å². The van der Waals surface area contributed by atoms with Crippen LogP contribution in [0.4, 0.5) is 0 Å². The number of hydrogen-bond donors (Lipinski definition) is 2. The second-order valence-electron chi connectivity index (χ2n) is 6.36. The van der Waals surface area contributed by atoms with Crippen molar-refractivity contribution in [3.63, 3.8) is 0 Å². The first-order valence-electron chi connectivity index (χ1n) is 7.87. The topological polar surface area (TPSA) is 56.7 Å². The summed E-state index contributed by atoms with van der Waals surface area (Å²) in [5, 5.41) is 6.95. The lowest BCUT2D eigenvalue weighted by molar-refractivity contribution is -0.133. The van der Waals surface area contributed by atoms with Crippen molar-refractivity contribution in [3.05, 3.63) is 0 Å². The number of hydrogen-bond acceptors (Lipinski definition) is 2. The van der Waals surface area contributed by atoms with E-state index in [1.165, 1.54) is 6.42 Å². The van der Waals surface area contributed by atoms with E-state index < -0.39 is 0 Å². The average Bonchev–Trinajstić information content (AvgIpc) is 2.90. The summed E-state index contributed by atoms with van der Waals surface area (Å²) in [6.07, 6.45) is 2.23. The number of carbonyl (C=O) groups is 1. The monoisotopic (exact) mass is 280 g/mol. The lowest BCUT2D eigenvalue weighted by Crippen LogP contribution is -2.46. The fraction of sp³-hybridized carbons (Fsp3) is 0.867. The van der Waals surface area contributed by atoms with Crippen LogP contribution < -0.4 is 10.6 Å². The molecule has 2 N–H and O–H groups in total. The van der Waals surface area contributed by atoms with Gasteiger partial charge in [-0.1, -0.05) is 20.8 Å². The van der Waals surface area contributed by atoms with Crippen LogP contribution in [-0.4, -0.2) is 48.5 Å². The molecular formula is C15H28N4O. The van der Waals surface area contributed by atoms with Crippen LogP contribution in [0.5, 0.6) is 0 Å². The highest BCUT2D eigenvalue weighted by Crippen LogP contribution is 2.28. The molecule has 1 saturated heterocycles. The minimum Gasteiger partial charge on any atom is -0.353 e. The van der Waals surface area contributed by atoms with E-state index in [9.17, 15) is 4.79 Å². The SMILES string of the molecule is CCN=C(NC1CCN(C(=O)C(C)C)C1)NC1CC1C. The van der Waals surface area contributed by atoms with Crippen LogP contribution in [0.2, 0.25) is 0 Å². The van der Waals surface area contributed by atoms with Gasteiger partial charge < -0.3 is 15.5 Å². The maximum Gasteiger partial charge on any atom is 0.225 e. The molecule has 1 aliphatic carbocycles. The second-order valence-corrected chi connectivity index (χ2v) is 6.36. The van der Waals surface area contributed by atoms with Gasteiger partial charge in [0.15, 0.2) is 5.96 Å². The molecule has 0 bridgehead atoms. The van der Waals surface area contributed by atoms with Crippen molar-refractivity contribution >= 4 is 11.9 Å². The fourth-order valence-electron chi connectivity index (χ4n) is 2.63. The molecule has 1 saturated carbocycles. The Balaban J connectivity index is 1.83. The van der Waals surface area contributed by atoms with Crippen LogP contribution in [0.25, 0.3) is 0 Å². The fourth-order valence-corrected chi connectivity index (χ4v) is 2.63. The molecule has 0 aromatic rings. The van der Waals surface area contributed by atoms with Gasteiger partial charge >= 0.3 is 0 Å². The van der Waals surface area contributed by atoms with E-state index in [0.29, 0.717) is 12.1 Å². The highest BCUT2D eigenvalue weighted by Gasteiger charge is 2.34. The van der Waals surface area contributed by atoms with Crippen LogP contribution in [0, 0.1) is 11.8 Å². The molecule has 3 atom stereocenters. The van der Waals surface area contributed by atoms with Crippen molar-refractivity contribution in [1.82, 2.24) is 15.5 Å². The average molecular weight is 280 g/mol. The van der Waals surface area contributed by atoms with E-state index in [2.05, 4.69) is 22.5 Å². The molecule has 0 aromatic carbocycles. The summed E-state index contributed by atoms with van der Waals surface area (Å²) in [6.45, 7) is 10.6. The van der Waals surface area contributed by atoms with Gasteiger partial charge in [0.1, 0.15) is 0 Å². The van der Waals surface area contributed by atoms with E-state index in [1.54, 1.807) is 0 Å². The Morgan fingerprint density at radius 3 is 2.65 bits per heavy atom. The number of nitrogens with one attached hydrogen (secondary N) is 2. The first kappa shape index (κ1) is 15.1. The highest BCUT2D eigenvalue weighted by atomic mass is 16.2. The van der Waals surface area contributed by atoms with Crippen molar-refractivity contribution in [2.45, 2.75) is 52.6 Å². The number of guanidine groups is 1. The molecule has 5 heteroatoms. The van der Waals surface area contributed by atoms with Crippen molar-refractivity contribution < 1.29 is 4.79 Å². The van der Waals surface area contributed by atoms with Gasteiger partial charge in [-0.2, -0.15) is 0 Å². The lowest BCUT2D eigenvalue weighted by atomic mass is 10.2. The predicted octanol–water partition coefficient (Wildman–Crippen LogP) is 1.21. The van der Waals surface area contributed by atoms with Crippen molar-refractivity contribution in [1.29, 1.82) is 0 Å². The van der Waals surface area contributed by atoms with Crippen LogP contribution in [0.1, 0.15) is 40.5 Å². The maximum atomic E-state index is 12.0. The van der Waals surface area contributed by atoms with E-state index in [4.69, 9.17) is 0 Å². The highest BCUT2D eigenvalue weighted by molar-refractivity contribution is 5.81. The zero-order chi connectivity index (χ0) is 14.7.